The number of carbonyl (C=O) groups excluding carboxylic acids is 2. The van der Waals surface area contributed by atoms with Gasteiger partial charge in [-0.3, -0.25) is 18.6 Å². The highest BCUT2D eigenvalue weighted by Gasteiger charge is 2.25. The summed E-state index contributed by atoms with van der Waals surface area (Å²) < 4.78 is 32.7. The molecule has 306 valence electrons. The molecule has 0 bridgehead atoms. The van der Waals surface area contributed by atoms with E-state index in [-0.39, 0.29) is 32.6 Å². The minimum absolute atomic E-state index is 0.0426. The molecule has 0 heterocycles. The molecule has 0 saturated heterocycles. The first-order chi connectivity index (χ1) is 25.8. The van der Waals surface area contributed by atoms with Gasteiger partial charge in [-0.25, -0.2) is 4.57 Å². The monoisotopic (exact) mass is 766 g/mol. The lowest BCUT2D eigenvalue weighted by molar-refractivity contribution is -0.161. The van der Waals surface area contributed by atoms with E-state index in [1.807, 2.05) is 6.08 Å². The molecule has 0 saturated carbocycles. The van der Waals surface area contributed by atoms with Crippen molar-refractivity contribution in [3.63, 3.8) is 0 Å². The molecule has 0 radical (unpaired) electrons. The zero-order valence-corrected chi connectivity index (χ0v) is 34.4. The highest BCUT2D eigenvalue weighted by atomic mass is 31.2. The number of nitrogens with two attached hydrogens (primary N) is 1. The Balaban J connectivity index is 4.30. The molecular formula is C43H76NO8P. The van der Waals surface area contributed by atoms with Crippen LogP contribution in [-0.4, -0.2) is 49.3 Å². The summed E-state index contributed by atoms with van der Waals surface area (Å²) in [4.78, 5) is 34.8. The lowest BCUT2D eigenvalue weighted by Gasteiger charge is -2.19. The molecule has 10 heteroatoms. The Morgan fingerprint density at radius 2 is 1.00 bits per heavy atom. The van der Waals surface area contributed by atoms with E-state index >= 15 is 0 Å². The molecule has 9 nitrogen and oxygen atoms in total. The number of unbranched alkanes of at least 4 members (excludes halogenated alkanes) is 15. The number of hydrogen-bond acceptors (Lipinski definition) is 8. The number of rotatable bonds is 38. The highest BCUT2D eigenvalue weighted by molar-refractivity contribution is 7.47. The van der Waals surface area contributed by atoms with Crippen molar-refractivity contribution >= 4 is 19.8 Å². The van der Waals surface area contributed by atoms with Gasteiger partial charge in [-0.1, -0.05) is 139 Å². The van der Waals surface area contributed by atoms with Gasteiger partial charge in [-0.15, -0.1) is 0 Å². The second kappa shape index (κ2) is 39.4. The van der Waals surface area contributed by atoms with Gasteiger partial charge in [0.1, 0.15) is 6.61 Å². The molecule has 0 aromatic carbocycles. The Labute approximate surface area is 323 Å². The van der Waals surface area contributed by atoms with Crippen LogP contribution < -0.4 is 5.73 Å². The first-order valence-electron chi connectivity index (χ1n) is 20.8. The van der Waals surface area contributed by atoms with Crippen molar-refractivity contribution in [2.45, 2.75) is 174 Å². The van der Waals surface area contributed by atoms with Crippen molar-refractivity contribution in [3.8, 4) is 0 Å². The Kier molecular flexibility index (Phi) is 37.7. The quantitative estimate of drug-likeness (QED) is 0.0272. The molecule has 0 aliphatic heterocycles. The van der Waals surface area contributed by atoms with Crippen molar-refractivity contribution in [2.75, 3.05) is 26.4 Å². The molecule has 0 aliphatic carbocycles. The molecule has 0 fully saturated rings. The summed E-state index contributed by atoms with van der Waals surface area (Å²) in [5.41, 5.74) is 5.34. The average Bonchev–Trinajstić information content (AvgIpc) is 3.14. The van der Waals surface area contributed by atoms with E-state index in [0.717, 1.165) is 57.8 Å². The second-order valence-corrected chi connectivity index (χ2v) is 14.9. The van der Waals surface area contributed by atoms with Crippen LogP contribution in [0, 0.1) is 0 Å². The average molecular weight is 766 g/mol. The molecule has 2 unspecified atom stereocenters. The van der Waals surface area contributed by atoms with Crippen LogP contribution in [-0.2, 0) is 32.7 Å². The molecule has 0 spiro atoms. The minimum atomic E-state index is -4.39. The number of esters is 2. The van der Waals surface area contributed by atoms with E-state index in [1.54, 1.807) is 0 Å². The third kappa shape index (κ3) is 39.2. The third-order valence-corrected chi connectivity index (χ3v) is 9.36. The maximum absolute atomic E-state index is 12.5. The molecular weight excluding hydrogens is 689 g/mol. The number of hydrogen-bond donors (Lipinski definition) is 2. The Morgan fingerprint density at radius 3 is 1.57 bits per heavy atom. The first-order valence-corrected chi connectivity index (χ1v) is 22.3. The highest BCUT2D eigenvalue weighted by Crippen LogP contribution is 2.43. The minimum Gasteiger partial charge on any atom is -0.462 e. The normalized spacial score (nSPS) is 14.0. The van der Waals surface area contributed by atoms with Gasteiger partial charge in [0.05, 0.1) is 13.2 Å². The van der Waals surface area contributed by atoms with Crippen LogP contribution >= 0.6 is 7.82 Å². The van der Waals surface area contributed by atoms with Gasteiger partial charge in [0.2, 0.25) is 0 Å². The van der Waals surface area contributed by atoms with E-state index in [9.17, 15) is 19.0 Å². The summed E-state index contributed by atoms with van der Waals surface area (Å²) >= 11 is 0. The molecule has 2 atom stereocenters. The fourth-order valence-electron chi connectivity index (χ4n) is 5.27. The third-order valence-electron chi connectivity index (χ3n) is 8.38. The van der Waals surface area contributed by atoms with Crippen molar-refractivity contribution in [3.05, 3.63) is 60.8 Å². The Hall–Kier alpha value is -2.29. The summed E-state index contributed by atoms with van der Waals surface area (Å²) in [6.07, 6.45) is 45.4. The standard InChI is InChI=1S/C43H76NO8P/c1-3-5-7-9-11-13-15-17-19-20-22-23-25-27-29-31-33-35-42(45)49-39-41(40-51-53(47,48)50-38-37-44)52-43(46)36-34-32-30-28-26-24-21-18-16-14-12-10-8-6-4-2/h11,13,17-19,21-23,27,29,41H,3-10,12,14-16,20,24-26,28,30-40,44H2,1-2H3,(H,47,48). The van der Waals surface area contributed by atoms with E-state index in [1.165, 1.54) is 70.6 Å². The predicted molar refractivity (Wildman–Crippen MR) is 219 cm³/mol. The first kappa shape index (κ1) is 50.7. The van der Waals surface area contributed by atoms with Gasteiger partial charge >= 0.3 is 19.8 Å². The largest absolute Gasteiger partial charge is 0.472 e. The van der Waals surface area contributed by atoms with Crippen LogP contribution in [0.5, 0.6) is 0 Å². The number of ether oxygens (including phenoxy) is 2. The summed E-state index contributed by atoms with van der Waals surface area (Å²) in [7, 11) is -4.39. The molecule has 53 heavy (non-hydrogen) atoms. The molecule has 0 aromatic rings. The van der Waals surface area contributed by atoms with Crippen molar-refractivity contribution < 1.29 is 37.6 Å². The van der Waals surface area contributed by atoms with Gasteiger partial charge in [-0.2, -0.15) is 0 Å². The molecule has 0 rings (SSSR count). The summed E-state index contributed by atoms with van der Waals surface area (Å²) in [5.74, 6) is -0.908. The molecule has 0 aliphatic rings. The van der Waals surface area contributed by atoms with E-state index < -0.39 is 32.5 Å². The fourth-order valence-corrected chi connectivity index (χ4v) is 6.03. The zero-order chi connectivity index (χ0) is 38.9. The topological polar surface area (TPSA) is 134 Å². The summed E-state index contributed by atoms with van der Waals surface area (Å²) in [5, 5.41) is 0. The van der Waals surface area contributed by atoms with E-state index in [0.29, 0.717) is 12.8 Å². The van der Waals surface area contributed by atoms with Crippen molar-refractivity contribution in [1.82, 2.24) is 0 Å². The van der Waals surface area contributed by atoms with E-state index in [2.05, 4.69) is 68.5 Å². The van der Waals surface area contributed by atoms with Crippen molar-refractivity contribution in [2.24, 2.45) is 5.73 Å². The van der Waals surface area contributed by atoms with Gasteiger partial charge in [0.25, 0.3) is 0 Å². The van der Waals surface area contributed by atoms with Crippen LogP contribution in [0.4, 0.5) is 0 Å². The maximum Gasteiger partial charge on any atom is 0.472 e. The van der Waals surface area contributed by atoms with Crippen LogP contribution in [0.2, 0.25) is 0 Å². The smallest absolute Gasteiger partial charge is 0.462 e. The van der Waals surface area contributed by atoms with Gasteiger partial charge in [0.15, 0.2) is 6.10 Å². The number of phosphoric ester groups is 1. The van der Waals surface area contributed by atoms with E-state index in [4.69, 9.17) is 24.3 Å². The molecule has 0 amide bonds. The predicted octanol–water partition coefficient (Wildman–Crippen LogP) is 11.7. The van der Waals surface area contributed by atoms with Crippen LogP contribution in [0.25, 0.3) is 0 Å². The number of phosphoric acid groups is 1. The molecule has 3 N–H and O–H groups in total. The van der Waals surface area contributed by atoms with Crippen LogP contribution in [0.15, 0.2) is 60.8 Å². The second-order valence-electron chi connectivity index (χ2n) is 13.5. The van der Waals surface area contributed by atoms with Crippen LogP contribution in [0.1, 0.15) is 168 Å². The summed E-state index contributed by atoms with van der Waals surface area (Å²) in [6.45, 7) is 3.61. The van der Waals surface area contributed by atoms with Gasteiger partial charge in [0, 0.05) is 19.4 Å². The summed E-state index contributed by atoms with van der Waals surface area (Å²) in [6, 6.07) is 0. The fraction of sp³-hybridized carbons (Fsp3) is 0.721. The SMILES string of the molecule is CCCCCC=CCC=CCC=CCC=CCCCC(=O)OCC(COP(=O)(O)OCCN)OC(=O)CCCCCCCC=CCCCCCCCC. The van der Waals surface area contributed by atoms with Gasteiger partial charge in [-0.05, 0) is 77.0 Å². The van der Waals surface area contributed by atoms with Crippen molar-refractivity contribution in [1.29, 1.82) is 0 Å². The lowest BCUT2D eigenvalue weighted by Crippen LogP contribution is -2.29. The zero-order valence-electron chi connectivity index (χ0n) is 33.5. The number of allylic oxidation sites excluding steroid dienone is 10. The molecule has 0 aromatic heterocycles. The van der Waals surface area contributed by atoms with Crippen LogP contribution in [0.3, 0.4) is 0 Å². The van der Waals surface area contributed by atoms with Gasteiger partial charge < -0.3 is 20.1 Å². The lowest BCUT2D eigenvalue weighted by atomic mass is 10.1. The number of carbonyl (C=O) groups is 2. The Bertz CT molecular complexity index is 1050. The Morgan fingerprint density at radius 1 is 0.566 bits per heavy atom. The maximum atomic E-state index is 12.5.